The molecular formula is C21H30O5. The van der Waals surface area contributed by atoms with Crippen LogP contribution in [0.2, 0.25) is 0 Å². The molecule has 5 nitrogen and oxygen atoms in total. The molecule has 1 rings (SSSR count). The molecule has 0 unspecified atom stereocenters. The van der Waals surface area contributed by atoms with E-state index in [1.165, 1.54) is 13.2 Å². The van der Waals surface area contributed by atoms with Gasteiger partial charge in [-0.15, -0.1) is 0 Å². The van der Waals surface area contributed by atoms with Crippen molar-refractivity contribution in [3.05, 3.63) is 53.6 Å². The minimum atomic E-state index is -0.597. The Kier molecular flexibility index (Phi) is 9.70. The Morgan fingerprint density at radius 3 is 2.42 bits per heavy atom. The maximum Gasteiger partial charge on any atom is 0.330 e. The van der Waals surface area contributed by atoms with Crippen LogP contribution in [0.15, 0.2) is 48.1 Å². The third-order valence-electron chi connectivity index (χ3n) is 4.08. The van der Waals surface area contributed by atoms with Crippen molar-refractivity contribution in [3.8, 4) is 5.75 Å². The molecule has 0 saturated heterocycles. The summed E-state index contributed by atoms with van der Waals surface area (Å²) in [6, 6.07) is 7.71. The number of carbonyl (C=O) groups excluding carboxylic acids is 1. The highest BCUT2D eigenvalue weighted by atomic mass is 16.5. The molecule has 0 aliphatic carbocycles. The van der Waals surface area contributed by atoms with Gasteiger partial charge in [0.15, 0.2) is 0 Å². The molecule has 0 saturated carbocycles. The van der Waals surface area contributed by atoms with Gasteiger partial charge in [0.05, 0.1) is 33.5 Å². The highest BCUT2D eigenvalue weighted by Crippen LogP contribution is 2.17. The zero-order valence-electron chi connectivity index (χ0n) is 16.3. The molecule has 0 aliphatic heterocycles. The Bertz CT molecular complexity index is 603. The van der Waals surface area contributed by atoms with Gasteiger partial charge in [-0.2, -0.15) is 0 Å². The van der Waals surface area contributed by atoms with Gasteiger partial charge < -0.3 is 19.3 Å². The minimum absolute atomic E-state index is 0.0242. The standard InChI is InChI=1S/C21H30O5/c1-15(6-11-20(22)25-5)12-16(2)21(23)17(3)13-26-14-18-7-9-19(24-4)10-8-18/h6-12,15,17,21,23H,13-14H2,1-5H3/b11-6+,16-12-/t15-,17+,21+/m1/s1. The lowest BCUT2D eigenvalue weighted by atomic mass is 9.96. The number of benzene rings is 1. The summed E-state index contributed by atoms with van der Waals surface area (Å²) in [5, 5.41) is 10.4. The first-order valence-corrected chi connectivity index (χ1v) is 8.70. The number of aliphatic hydroxyl groups is 1. The van der Waals surface area contributed by atoms with E-state index in [0.717, 1.165) is 16.9 Å². The number of carbonyl (C=O) groups is 1. The number of rotatable bonds is 10. The van der Waals surface area contributed by atoms with Crippen molar-refractivity contribution in [2.75, 3.05) is 20.8 Å². The van der Waals surface area contributed by atoms with Gasteiger partial charge in [0.25, 0.3) is 0 Å². The molecule has 0 fully saturated rings. The second kappa shape index (κ2) is 11.5. The number of allylic oxidation sites excluding steroid dienone is 2. The molecule has 0 radical (unpaired) electrons. The molecular weight excluding hydrogens is 332 g/mol. The Labute approximate surface area is 156 Å². The van der Waals surface area contributed by atoms with Crippen molar-refractivity contribution in [2.24, 2.45) is 11.8 Å². The van der Waals surface area contributed by atoms with Crippen molar-refractivity contribution in [3.63, 3.8) is 0 Å². The summed E-state index contributed by atoms with van der Waals surface area (Å²) in [5.41, 5.74) is 1.91. The van der Waals surface area contributed by atoms with Crippen LogP contribution in [0.4, 0.5) is 0 Å². The van der Waals surface area contributed by atoms with Gasteiger partial charge in [0.2, 0.25) is 0 Å². The molecule has 0 amide bonds. The fourth-order valence-corrected chi connectivity index (χ4v) is 2.49. The Balaban J connectivity index is 2.46. The van der Waals surface area contributed by atoms with Gasteiger partial charge in [-0.25, -0.2) is 4.79 Å². The number of ether oxygens (including phenoxy) is 3. The summed E-state index contributed by atoms with van der Waals surface area (Å²) in [7, 11) is 2.98. The van der Waals surface area contributed by atoms with Crippen molar-refractivity contribution >= 4 is 5.97 Å². The van der Waals surface area contributed by atoms with Gasteiger partial charge in [-0.1, -0.05) is 38.1 Å². The van der Waals surface area contributed by atoms with Gasteiger partial charge in [-0.3, -0.25) is 0 Å². The fraction of sp³-hybridized carbons (Fsp3) is 0.476. The maximum absolute atomic E-state index is 11.1. The number of methoxy groups -OCH3 is 2. The quantitative estimate of drug-likeness (QED) is 0.392. The molecule has 3 atom stereocenters. The topological polar surface area (TPSA) is 65.0 Å². The lowest BCUT2D eigenvalue weighted by Gasteiger charge is -2.20. The van der Waals surface area contributed by atoms with Crippen LogP contribution in [0.5, 0.6) is 5.75 Å². The van der Waals surface area contributed by atoms with Crippen molar-refractivity contribution in [1.29, 1.82) is 0 Å². The predicted octanol–water partition coefficient (Wildman–Crippen LogP) is 3.52. The monoisotopic (exact) mass is 362 g/mol. The number of hydrogen-bond donors (Lipinski definition) is 1. The van der Waals surface area contributed by atoms with E-state index in [0.29, 0.717) is 13.2 Å². The average Bonchev–Trinajstić information content (AvgIpc) is 2.65. The smallest absolute Gasteiger partial charge is 0.330 e. The first-order valence-electron chi connectivity index (χ1n) is 8.70. The molecule has 0 heterocycles. The van der Waals surface area contributed by atoms with E-state index < -0.39 is 6.10 Å². The highest BCUT2D eigenvalue weighted by Gasteiger charge is 2.16. The first-order chi connectivity index (χ1) is 12.4. The van der Waals surface area contributed by atoms with Gasteiger partial charge in [0, 0.05) is 12.0 Å². The van der Waals surface area contributed by atoms with Crippen LogP contribution < -0.4 is 4.74 Å². The SMILES string of the molecule is COC(=O)/C=C/[C@@H](C)/C=C(/C)[C@H](O)[C@@H](C)COCc1ccc(OC)cc1. The molecule has 1 aromatic rings. The minimum Gasteiger partial charge on any atom is -0.497 e. The predicted molar refractivity (Wildman–Crippen MR) is 102 cm³/mol. The highest BCUT2D eigenvalue weighted by molar-refractivity contribution is 5.81. The Morgan fingerprint density at radius 2 is 1.85 bits per heavy atom. The van der Waals surface area contributed by atoms with E-state index in [9.17, 15) is 9.90 Å². The maximum atomic E-state index is 11.1. The van der Waals surface area contributed by atoms with E-state index in [1.807, 2.05) is 51.1 Å². The Hall–Kier alpha value is -2.11. The summed E-state index contributed by atoms with van der Waals surface area (Å²) in [6.45, 7) is 6.71. The summed E-state index contributed by atoms with van der Waals surface area (Å²) >= 11 is 0. The molecule has 0 spiro atoms. The van der Waals surface area contributed by atoms with E-state index in [1.54, 1.807) is 13.2 Å². The first kappa shape index (κ1) is 21.9. The van der Waals surface area contributed by atoms with Crippen LogP contribution in [0, 0.1) is 11.8 Å². The van der Waals surface area contributed by atoms with Crippen LogP contribution in [0.25, 0.3) is 0 Å². The number of esters is 1. The average molecular weight is 362 g/mol. The largest absolute Gasteiger partial charge is 0.497 e. The third-order valence-corrected chi connectivity index (χ3v) is 4.08. The molecule has 1 aromatic carbocycles. The van der Waals surface area contributed by atoms with Crippen LogP contribution in [-0.4, -0.2) is 38.0 Å². The van der Waals surface area contributed by atoms with E-state index in [-0.39, 0.29) is 17.8 Å². The van der Waals surface area contributed by atoms with E-state index >= 15 is 0 Å². The fourth-order valence-electron chi connectivity index (χ4n) is 2.49. The molecule has 144 valence electrons. The van der Waals surface area contributed by atoms with E-state index in [2.05, 4.69) is 4.74 Å². The number of hydrogen-bond acceptors (Lipinski definition) is 5. The lowest BCUT2D eigenvalue weighted by molar-refractivity contribution is -0.134. The normalized spacial score (nSPS) is 15.5. The molecule has 1 N–H and O–H groups in total. The molecule has 0 aromatic heterocycles. The van der Waals surface area contributed by atoms with Crippen molar-refractivity contribution in [1.82, 2.24) is 0 Å². The van der Waals surface area contributed by atoms with Gasteiger partial charge >= 0.3 is 5.97 Å². The third kappa shape index (κ3) is 7.85. The molecule has 0 aliphatic rings. The second-order valence-corrected chi connectivity index (χ2v) is 6.44. The summed E-state index contributed by atoms with van der Waals surface area (Å²) in [6.07, 6.45) is 4.47. The van der Waals surface area contributed by atoms with Crippen LogP contribution in [0.3, 0.4) is 0 Å². The summed E-state index contributed by atoms with van der Waals surface area (Å²) < 4.78 is 15.4. The van der Waals surface area contributed by atoms with Crippen LogP contribution in [0.1, 0.15) is 26.3 Å². The summed E-state index contributed by atoms with van der Waals surface area (Å²) in [4.78, 5) is 11.1. The summed E-state index contributed by atoms with van der Waals surface area (Å²) in [5.74, 6) is 0.412. The number of aliphatic hydroxyl groups excluding tert-OH is 1. The Morgan fingerprint density at radius 1 is 1.19 bits per heavy atom. The van der Waals surface area contributed by atoms with Crippen molar-refractivity contribution < 1.29 is 24.1 Å². The van der Waals surface area contributed by atoms with E-state index in [4.69, 9.17) is 9.47 Å². The van der Waals surface area contributed by atoms with Gasteiger partial charge in [-0.05, 0) is 36.1 Å². The molecule has 5 heteroatoms. The van der Waals surface area contributed by atoms with Crippen molar-refractivity contribution in [2.45, 2.75) is 33.5 Å². The molecule has 26 heavy (non-hydrogen) atoms. The zero-order valence-corrected chi connectivity index (χ0v) is 16.3. The zero-order chi connectivity index (χ0) is 19.5. The van der Waals surface area contributed by atoms with Crippen LogP contribution >= 0.6 is 0 Å². The second-order valence-electron chi connectivity index (χ2n) is 6.44. The molecule has 0 bridgehead atoms. The van der Waals surface area contributed by atoms with Crippen LogP contribution in [-0.2, 0) is 20.9 Å². The van der Waals surface area contributed by atoms with Gasteiger partial charge in [0.1, 0.15) is 5.75 Å². The lowest BCUT2D eigenvalue weighted by Crippen LogP contribution is -2.23.